The van der Waals surface area contributed by atoms with Crippen LogP contribution in [0.4, 0.5) is 5.69 Å². The zero-order chi connectivity index (χ0) is 11.4. The third-order valence-corrected chi connectivity index (χ3v) is 2.26. The van der Waals surface area contributed by atoms with Gasteiger partial charge in [-0.05, 0) is 30.3 Å². The van der Waals surface area contributed by atoms with Gasteiger partial charge < -0.3 is 5.32 Å². The smallest absolute Gasteiger partial charge is 0.255 e. The molecular weight excluding hydrogens is 224 g/mol. The molecule has 1 aromatic carbocycles. The number of hydrogen-bond acceptors (Lipinski definition) is 2. The number of hydrogen-bond donors (Lipinski definition) is 1. The molecule has 1 amide bonds. The number of halogens is 1. The molecule has 0 atom stereocenters. The van der Waals surface area contributed by atoms with E-state index in [4.69, 9.17) is 11.6 Å². The second kappa shape index (κ2) is 4.77. The zero-order valence-corrected chi connectivity index (χ0v) is 9.11. The standard InChI is InChI=1S/C12H9ClN2O/c13-10-3-1-2-9(8-10)12(16)15-11-4-6-14-7-5-11/h1-8H,(H,14,15,16). The Labute approximate surface area is 98.1 Å². The summed E-state index contributed by atoms with van der Waals surface area (Å²) in [7, 11) is 0. The first-order chi connectivity index (χ1) is 7.75. The van der Waals surface area contributed by atoms with E-state index in [1.165, 1.54) is 0 Å². The van der Waals surface area contributed by atoms with E-state index in [0.29, 0.717) is 16.3 Å². The lowest BCUT2D eigenvalue weighted by Gasteiger charge is -2.04. The van der Waals surface area contributed by atoms with Crippen LogP contribution in [0.1, 0.15) is 10.4 Å². The minimum Gasteiger partial charge on any atom is -0.322 e. The van der Waals surface area contributed by atoms with Crippen LogP contribution >= 0.6 is 11.6 Å². The molecule has 1 aromatic heterocycles. The Hall–Kier alpha value is -1.87. The highest BCUT2D eigenvalue weighted by Crippen LogP contribution is 2.12. The molecule has 0 bridgehead atoms. The maximum Gasteiger partial charge on any atom is 0.255 e. The fraction of sp³-hybridized carbons (Fsp3) is 0. The van der Waals surface area contributed by atoms with Gasteiger partial charge in [0.2, 0.25) is 0 Å². The Morgan fingerprint density at radius 3 is 2.62 bits per heavy atom. The molecule has 0 fully saturated rings. The van der Waals surface area contributed by atoms with E-state index in [0.717, 1.165) is 0 Å². The van der Waals surface area contributed by atoms with Crippen LogP contribution in [0.5, 0.6) is 0 Å². The summed E-state index contributed by atoms with van der Waals surface area (Å²) >= 11 is 5.80. The van der Waals surface area contributed by atoms with E-state index in [-0.39, 0.29) is 5.91 Å². The van der Waals surface area contributed by atoms with Crippen molar-refractivity contribution in [3.8, 4) is 0 Å². The third-order valence-electron chi connectivity index (χ3n) is 2.02. The molecule has 0 aliphatic carbocycles. The number of amides is 1. The number of rotatable bonds is 2. The first-order valence-corrected chi connectivity index (χ1v) is 5.10. The molecular formula is C12H9ClN2O. The van der Waals surface area contributed by atoms with Crippen molar-refractivity contribution < 1.29 is 4.79 Å². The topological polar surface area (TPSA) is 42.0 Å². The number of carbonyl (C=O) groups excluding carboxylic acids is 1. The monoisotopic (exact) mass is 232 g/mol. The first-order valence-electron chi connectivity index (χ1n) is 4.72. The zero-order valence-electron chi connectivity index (χ0n) is 8.35. The molecule has 2 aromatic rings. The van der Waals surface area contributed by atoms with Gasteiger partial charge in [0.15, 0.2) is 0 Å². The Bertz CT molecular complexity index is 499. The largest absolute Gasteiger partial charge is 0.322 e. The molecule has 0 aliphatic heterocycles. The number of benzene rings is 1. The minimum absolute atomic E-state index is 0.186. The summed E-state index contributed by atoms with van der Waals surface area (Å²) in [6, 6.07) is 10.2. The lowest BCUT2D eigenvalue weighted by Crippen LogP contribution is -2.11. The van der Waals surface area contributed by atoms with Gasteiger partial charge in [0.05, 0.1) is 0 Å². The predicted molar refractivity (Wildman–Crippen MR) is 63.6 cm³/mol. The van der Waals surface area contributed by atoms with Gasteiger partial charge in [-0.15, -0.1) is 0 Å². The molecule has 80 valence electrons. The molecule has 3 nitrogen and oxygen atoms in total. The van der Waals surface area contributed by atoms with Gasteiger partial charge in [-0.2, -0.15) is 0 Å². The van der Waals surface area contributed by atoms with Crippen molar-refractivity contribution in [2.75, 3.05) is 5.32 Å². The number of anilines is 1. The summed E-state index contributed by atoms with van der Waals surface area (Å²) in [6.45, 7) is 0. The van der Waals surface area contributed by atoms with Crippen LogP contribution in [0, 0.1) is 0 Å². The highest BCUT2D eigenvalue weighted by atomic mass is 35.5. The SMILES string of the molecule is O=C(Nc1ccncc1)c1cccc(Cl)c1. The van der Waals surface area contributed by atoms with Gasteiger partial charge >= 0.3 is 0 Å². The van der Waals surface area contributed by atoms with E-state index in [1.54, 1.807) is 48.8 Å². The fourth-order valence-electron chi connectivity index (χ4n) is 1.27. The van der Waals surface area contributed by atoms with E-state index < -0.39 is 0 Å². The van der Waals surface area contributed by atoms with Crippen LogP contribution in [0.3, 0.4) is 0 Å². The Balaban J connectivity index is 2.15. The van der Waals surface area contributed by atoms with Crippen molar-refractivity contribution in [1.82, 2.24) is 4.98 Å². The second-order valence-electron chi connectivity index (χ2n) is 3.20. The number of aromatic nitrogens is 1. The molecule has 0 aliphatic rings. The predicted octanol–water partition coefficient (Wildman–Crippen LogP) is 2.99. The Morgan fingerprint density at radius 1 is 1.19 bits per heavy atom. The highest BCUT2D eigenvalue weighted by molar-refractivity contribution is 6.31. The fourth-order valence-corrected chi connectivity index (χ4v) is 1.46. The lowest BCUT2D eigenvalue weighted by atomic mass is 10.2. The van der Waals surface area contributed by atoms with Gasteiger partial charge in [-0.3, -0.25) is 9.78 Å². The Kier molecular flexibility index (Phi) is 3.17. The van der Waals surface area contributed by atoms with Crippen molar-refractivity contribution >= 4 is 23.2 Å². The molecule has 4 heteroatoms. The summed E-state index contributed by atoms with van der Waals surface area (Å²) in [6.07, 6.45) is 3.24. The van der Waals surface area contributed by atoms with Crippen molar-refractivity contribution in [1.29, 1.82) is 0 Å². The number of carbonyl (C=O) groups is 1. The average molecular weight is 233 g/mol. The third kappa shape index (κ3) is 2.58. The van der Waals surface area contributed by atoms with Crippen molar-refractivity contribution in [3.63, 3.8) is 0 Å². The molecule has 1 heterocycles. The van der Waals surface area contributed by atoms with Crippen LogP contribution < -0.4 is 5.32 Å². The second-order valence-corrected chi connectivity index (χ2v) is 3.64. The normalized spacial score (nSPS) is 9.81. The highest BCUT2D eigenvalue weighted by Gasteiger charge is 2.05. The number of nitrogens with one attached hydrogen (secondary N) is 1. The van der Waals surface area contributed by atoms with Crippen LogP contribution in [0.2, 0.25) is 5.02 Å². The Morgan fingerprint density at radius 2 is 1.94 bits per heavy atom. The first kappa shape index (κ1) is 10.6. The quantitative estimate of drug-likeness (QED) is 0.865. The molecule has 1 N–H and O–H groups in total. The summed E-state index contributed by atoms with van der Waals surface area (Å²) in [4.78, 5) is 15.6. The molecule has 2 rings (SSSR count). The molecule has 0 spiro atoms. The average Bonchev–Trinajstić information content (AvgIpc) is 2.30. The van der Waals surface area contributed by atoms with Crippen molar-refractivity contribution in [2.24, 2.45) is 0 Å². The molecule has 16 heavy (non-hydrogen) atoms. The summed E-state index contributed by atoms with van der Waals surface area (Å²) < 4.78 is 0. The van der Waals surface area contributed by atoms with Crippen LogP contribution in [-0.2, 0) is 0 Å². The summed E-state index contributed by atoms with van der Waals surface area (Å²) in [5.41, 5.74) is 1.24. The maximum absolute atomic E-state index is 11.8. The van der Waals surface area contributed by atoms with E-state index in [1.807, 2.05) is 0 Å². The van der Waals surface area contributed by atoms with E-state index >= 15 is 0 Å². The van der Waals surface area contributed by atoms with Crippen molar-refractivity contribution in [3.05, 3.63) is 59.4 Å². The van der Waals surface area contributed by atoms with Crippen LogP contribution in [-0.4, -0.2) is 10.9 Å². The molecule has 0 unspecified atom stereocenters. The molecule has 0 saturated carbocycles. The van der Waals surface area contributed by atoms with Gasteiger partial charge in [0.25, 0.3) is 5.91 Å². The van der Waals surface area contributed by atoms with E-state index in [2.05, 4.69) is 10.3 Å². The van der Waals surface area contributed by atoms with Crippen LogP contribution in [0.25, 0.3) is 0 Å². The van der Waals surface area contributed by atoms with Gasteiger partial charge in [0, 0.05) is 28.7 Å². The molecule has 0 radical (unpaired) electrons. The van der Waals surface area contributed by atoms with E-state index in [9.17, 15) is 4.79 Å². The number of nitrogens with zero attached hydrogens (tertiary/aromatic N) is 1. The number of pyridine rings is 1. The van der Waals surface area contributed by atoms with Gasteiger partial charge in [0.1, 0.15) is 0 Å². The van der Waals surface area contributed by atoms with Gasteiger partial charge in [-0.25, -0.2) is 0 Å². The minimum atomic E-state index is -0.186. The van der Waals surface area contributed by atoms with Crippen LogP contribution in [0.15, 0.2) is 48.8 Å². The molecule has 0 saturated heterocycles. The summed E-state index contributed by atoms with van der Waals surface area (Å²) in [5, 5.41) is 3.29. The van der Waals surface area contributed by atoms with Crippen molar-refractivity contribution in [2.45, 2.75) is 0 Å². The summed E-state index contributed by atoms with van der Waals surface area (Å²) in [5.74, 6) is -0.186. The lowest BCUT2D eigenvalue weighted by molar-refractivity contribution is 0.102. The maximum atomic E-state index is 11.8. The van der Waals surface area contributed by atoms with Gasteiger partial charge in [-0.1, -0.05) is 17.7 Å².